The van der Waals surface area contributed by atoms with E-state index in [-0.39, 0.29) is 24.3 Å². The van der Waals surface area contributed by atoms with Gasteiger partial charge in [0.2, 0.25) is 5.91 Å². The first-order valence-corrected chi connectivity index (χ1v) is 9.74. The Balaban J connectivity index is 1.65. The lowest BCUT2D eigenvalue weighted by Gasteiger charge is -2.35. The first-order valence-electron chi connectivity index (χ1n) is 9.74. The van der Waals surface area contributed by atoms with Crippen molar-refractivity contribution >= 4 is 23.4 Å². The Hall–Kier alpha value is -2.25. The molecule has 7 nitrogen and oxygen atoms in total. The van der Waals surface area contributed by atoms with Gasteiger partial charge in [-0.05, 0) is 38.4 Å². The molecule has 7 heteroatoms. The summed E-state index contributed by atoms with van der Waals surface area (Å²) in [5.41, 5.74) is 0.878. The summed E-state index contributed by atoms with van der Waals surface area (Å²) in [4.78, 5) is 46.8. The van der Waals surface area contributed by atoms with E-state index in [2.05, 4.69) is 16.8 Å². The van der Waals surface area contributed by atoms with E-state index in [1.54, 1.807) is 29.2 Å². The number of fused-ring (bicyclic) bond motifs is 2. The zero-order chi connectivity index (χ0) is 19.0. The number of amides is 3. The zero-order valence-corrected chi connectivity index (χ0v) is 15.8. The third-order valence-corrected chi connectivity index (χ3v) is 5.85. The molecule has 3 amide bonds. The summed E-state index contributed by atoms with van der Waals surface area (Å²) in [5, 5.41) is 0. The molecule has 1 atom stereocenters. The fourth-order valence-electron chi connectivity index (χ4n) is 4.23. The van der Waals surface area contributed by atoms with Crippen LogP contribution >= 0.6 is 0 Å². The summed E-state index contributed by atoms with van der Waals surface area (Å²) in [7, 11) is 2.07. The van der Waals surface area contributed by atoms with Gasteiger partial charge in [0.25, 0.3) is 11.8 Å². The van der Waals surface area contributed by atoms with Gasteiger partial charge in [0.1, 0.15) is 6.04 Å². The first-order chi connectivity index (χ1) is 13.1. The van der Waals surface area contributed by atoms with Crippen LogP contribution in [0.3, 0.4) is 0 Å². The quantitative estimate of drug-likeness (QED) is 0.771. The van der Waals surface area contributed by atoms with Crippen molar-refractivity contribution in [3.8, 4) is 0 Å². The average Bonchev–Trinajstić information content (AvgIpc) is 2.78. The van der Waals surface area contributed by atoms with Crippen LogP contribution < -0.4 is 4.90 Å². The molecule has 0 saturated carbocycles. The number of para-hydroxylation sites is 1. The number of benzene rings is 1. The molecule has 1 aromatic carbocycles. The van der Waals surface area contributed by atoms with E-state index < -0.39 is 6.04 Å². The number of likely N-dealkylation sites (N-methyl/N-ethyl adjacent to an activating group) is 1. The number of carbonyl (C=O) groups excluding carboxylic acids is 3. The van der Waals surface area contributed by atoms with Gasteiger partial charge in [0.15, 0.2) is 0 Å². The summed E-state index contributed by atoms with van der Waals surface area (Å²) in [6, 6.07) is 6.47. The van der Waals surface area contributed by atoms with Gasteiger partial charge in [-0.2, -0.15) is 0 Å². The van der Waals surface area contributed by atoms with Crippen molar-refractivity contribution in [3.05, 3.63) is 29.8 Å². The molecular weight excluding hydrogens is 344 g/mol. The smallest absolute Gasteiger partial charge is 0.256 e. The lowest BCUT2D eigenvalue weighted by molar-refractivity contribution is -0.130. The zero-order valence-electron chi connectivity index (χ0n) is 15.8. The van der Waals surface area contributed by atoms with Gasteiger partial charge in [-0.1, -0.05) is 12.1 Å². The van der Waals surface area contributed by atoms with E-state index in [0.29, 0.717) is 24.2 Å². The number of imide groups is 1. The summed E-state index contributed by atoms with van der Waals surface area (Å²) in [6.45, 7) is 4.21. The third-order valence-electron chi connectivity index (χ3n) is 5.85. The fourth-order valence-corrected chi connectivity index (χ4v) is 4.23. The molecule has 0 aromatic heterocycles. The molecule has 3 aliphatic rings. The number of nitrogens with zero attached hydrogens (tertiary/aromatic N) is 4. The lowest BCUT2D eigenvalue weighted by Crippen LogP contribution is -2.54. The van der Waals surface area contributed by atoms with Crippen molar-refractivity contribution in [2.45, 2.75) is 25.3 Å². The van der Waals surface area contributed by atoms with Gasteiger partial charge < -0.3 is 9.80 Å². The summed E-state index contributed by atoms with van der Waals surface area (Å²) >= 11 is 0. The minimum absolute atomic E-state index is 0.140. The monoisotopic (exact) mass is 370 g/mol. The Morgan fingerprint density at radius 3 is 2.56 bits per heavy atom. The number of carbonyl (C=O) groups is 3. The highest BCUT2D eigenvalue weighted by atomic mass is 16.2. The highest BCUT2D eigenvalue weighted by Gasteiger charge is 2.42. The molecule has 0 radical (unpaired) electrons. The van der Waals surface area contributed by atoms with Gasteiger partial charge in [-0.25, -0.2) is 4.90 Å². The molecule has 2 fully saturated rings. The van der Waals surface area contributed by atoms with Crippen molar-refractivity contribution in [1.29, 1.82) is 0 Å². The van der Waals surface area contributed by atoms with Crippen molar-refractivity contribution in [2.24, 2.45) is 0 Å². The highest BCUT2D eigenvalue weighted by molar-refractivity contribution is 6.22. The Labute approximate surface area is 159 Å². The minimum Gasteiger partial charge on any atom is -0.327 e. The second kappa shape index (κ2) is 7.40. The molecule has 0 N–H and O–H groups in total. The number of rotatable bonds is 2. The normalized spacial score (nSPS) is 24.4. The highest BCUT2D eigenvalue weighted by Crippen LogP contribution is 2.32. The van der Waals surface area contributed by atoms with E-state index in [4.69, 9.17) is 0 Å². The van der Waals surface area contributed by atoms with Crippen LogP contribution in [0, 0.1) is 0 Å². The van der Waals surface area contributed by atoms with Gasteiger partial charge in [-0.15, -0.1) is 0 Å². The third kappa shape index (κ3) is 3.37. The fraction of sp³-hybridized carbons (Fsp3) is 0.550. The van der Waals surface area contributed by atoms with E-state index in [0.717, 1.165) is 39.0 Å². The predicted molar refractivity (Wildman–Crippen MR) is 102 cm³/mol. The van der Waals surface area contributed by atoms with Crippen LogP contribution in [0.5, 0.6) is 0 Å². The molecule has 0 bridgehead atoms. The summed E-state index contributed by atoms with van der Waals surface area (Å²) in [5.74, 6) is -0.636. The maximum absolute atomic E-state index is 13.3. The second-order valence-corrected chi connectivity index (χ2v) is 7.67. The van der Waals surface area contributed by atoms with Gasteiger partial charge >= 0.3 is 0 Å². The Morgan fingerprint density at radius 2 is 1.78 bits per heavy atom. The van der Waals surface area contributed by atoms with Crippen LogP contribution in [-0.4, -0.2) is 84.8 Å². The molecule has 0 spiro atoms. The van der Waals surface area contributed by atoms with Crippen LogP contribution in [-0.2, 0) is 9.59 Å². The molecular formula is C20H26N4O3. The molecule has 3 aliphatic heterocycles. The number of hydrogen-bond donors (Lipinski definition) is 0. The standard InChI is InChI=1S/C20H26N4O3/c1-21-10-12-22(13-11-21)14-18(25)24-16-7-3-2-6-15(16)19(26)23-9-5-4-8-17(23)20(24)27/h2-3,6-7,17H,4-5,8-14H2,1H3/t17-/m1/s1. The van der Waals surface area contributed by atoms with Crippen molar-refractivity contribution in [3.63, 3.8) is 0 Å². The summed E-state index contributed by atoms with van der Waals surface area (Å²) < 4.78 is 0. The lowest BCUT2D eigenvalue weighted by atomic mass is 10.0. The SMILES string of the molecule is CN1CCN(CC(=O)N2C(=O)[C@H]3CCCCN3C(=O)c3ccccc32)CC1. The van der Waals surface area contributed by atoms with E-state index in [1.165, 1.54) is 4.90 Å². The first kappa shape index (κ1) is 18.1. The number of piperidine rings is 1. The largest absolute Gasteiger partial charge is 0.327 e. The molecule has 4 rings (SSSR count). The van der Waals surface area contributed by atoms with Gasteiger partial charge in [0.05, 0.1) is 17.8 Å². The van der Waals surface area contributed by atoms with Crippen molar-refractivity contribution in [2.75, 3.05) is 51.2 Å². The molecule has 0 unspecified atom stereocenters. The van der Waals surface area contributed by atoms with Gasteiger partial charge in [-0.3, -0.25) is 19.3 Å². The molecule has 144 valence electrons. The van der Waals surface area contributed by atoms with Crippen molar-refractivity contribution in [1.82, 2.24) is 14.7 Å². The van der Waals surface area contributed by atoms with E-state index in [1.807, 2.05) is 0 Å². The van der Waals surface area contributed by atoms with E-state index >= 15 is 0 Å². The Morgan fingerprint density at radius 1 is 1.04 bits per heavy atom. The van der Waals surface area contributed by atoms with E-state index in [9.17, 15) is 14.4 Å². The number of hydrogen-bond acceptors (Lipinski definition) is 5. The molecule has 1 aromatic rings. The molecule has 27 heavy (non-hydrogen) atoms. The van der Waals surface area contributed by atoms with Crippen LogP contribution in [0.25, 0.3) is 0 Å². The maximum Gasteiger partial charge on any atom is 0.256 e. The van der Waals surface area contributed by atoms with Crippen LogP contribution in [0.15, 0.2) is 24.3 Å². The maximum atomic E-state index is 13.3. The Kier molecular flexibility index (Phi) is 4.97. The molecule has 3 heterocycles. The second-order valence-electron chi connectivity index (χ2n) is 7.67. The molecule has 2 saturated heterocycles. The average molecular weight is 370 g/mol. The van der Waals surface area contributed by atoms with Crippen LogP contribution in [0.1, 0.15) is 29.6 Å². The topological polar surface area (TPSA) is 64.2 Å². The number of piperazine rings is 1. The predicted octanol–water partition coefficient (Wildman–Crippen LogP) is 0.802. The van der Waals surface area contributed by atoms with Crippen LogP contribution in [0.2, 0.25) is 0 Å². The Bertz CT molecular complexity index is 757. The van der Waals surface area contributed by atoms with Crippen molar-refractivity contribution < 1.29 is 14.4 Å². The van der Waals surface area contributed by atoms with Gasteiger partial charge in [0, 0.05) is 32.7 Å². The summed E-state index contributed by atoms with van der Waals surface area (Å²) in [6.07, 6.45) is 2.42. The van der Waals surface area contributed by atoms with Crippen LogP contribution in [0.4, 0.5) is 5.69 Å². The molecule has 0 aliphatic carbocycles. The number of anilines is 1. The minimum atomic E-state index is -0.532.